The lowest BCUT2D eigenvalue weighted by Gasteiger charge is -2.03. The summed E-state index contributed by atoms with van der Waals surface area (Å²) in [5.41, 5.74) is 0. The number of carboxylic acids is 1. The zero-order chi connectivity index (χ0) is 14.0. The number of carbonyl (C=O) groups is 3. The average molecular weight is 296 g/mol. The Balaban J connectivity index is 0.000000397. The Labute approximate surface area is 116 Å². The third-order valence-corrected chi connectivity index (χ3v) is 2.31. The Morgan fingerprint density at radius 3 is 1.56 bits per heavy atom. The van der Waals surface area contributed by atoms with E-state index >= 15 is 0 Å². The molecule has 1 N–H and O–H groups in total. The van der Waals surface area contributed by atoms with Gasteiger partial charge in [0, 0.05) is 0 Å². The van der Waals surface area contributed by atoms with E-state index in [2.05, 4.69) is 34.7 Å². The molecule has 104 valence electrons. The first-order chi connectivity index (χ1) is 8.51. The molecule has 0 spiro atoms. The molecule has 0 radical (unpaired) electrons. The van der Waals surface area contributed by atoms with Crippen LogP contribution in [0.2, 0.25) is 0 Å². The second kappa shape index (κ2) is 10.1. The van der Waals surface area contributed by atoms with Crippen LogP contribution >= 0.6 is 25.3 Å². The minimum atomic E-state index is -0.630. The highest BCUT2D eigenvalue weighted by Crippen LogP contribution is 2.28. The van der Waals surface area contributed by atoms with Gasteiger partial charge in [0.1, 0.15) is 13.2 Å². The van der Waals surface area contributed by atoms with Crippen LogP contribution in [-0.2, 0) is 23.9 Å². The van der Waals surface area contributed by atoms with Crippen molar-refractivity contribution in [1.29, 1.82) is 0 Å². The normalized spacial score (nSPS) is 13.0. The van der Waals surface area contributed by atoms with E-state index in [1.807, 2.05) is 0 Å². The molecule has 0 bridgehead atoms. The predicted molar refractivity (Wildman–Crippen MR) is 70.0 cm³/mol. The minimum absolute atomic E-state index is 0.0185. The fraction of sp³-hybridized carbons (Fsp3) is 0.700. The monoisotopic (exact) mass is 296 g/mol. The number of carbonyl (C=O) groups excluding carboxylic acids is 2. The second-order valence-electron chi connectivity index (χ2n) is 3.37. The molecule has 0 aromatic heterocycles. The van der Waals surface area contributed by atoms with Crippen LogP contribution in [0.1, 0.15) is 12.8 Å². The maximum absolute atomic E-state index is 10.5. The van der Waals surface area contributed by atoms with Crippen molar-refractivity contribution in [2.75, 3.05) is 24.7 Å². The smallest absolute Gasteiger partial charge is 0.315 e. The molecule has 1 fully saturated rings. The molecule has 0 heterocycles. The molecule has 1 rings (SSSR count). The predicted octanol–water partition coefficient (Wildman–Crippen LogP) is 0.413. The van der Waals surface area contributed by atoms with E-state index in [1.165, 1.54) is 0 Å². The molecule has 0 unspecified atom stereocenters. The zero-order valence-electron chi connectivity index (χ0n) is 9.70. The van der Waals surface area contributed by atoms with Gasteiger partial charge in [-0.15, -0.1) is 0 Å². The third-order valence-electron chi connectivity index (χ3n) is 1.79. The highest BCUT2D eigenvalue weighted by atomic mass is 32.1. The Bertz CT molecular complexity index is 272. The summed E-state index contributed by atoms with van der Waals surface area (Å²) in [4.78, 5) is 30.7. The molecule has 0 saturated heterocycles. The molecule has 0 aromatic carbocycles. The van der Waals surface area contributed by atoms with Crippen LogP contribution in [0, 0.1) is 5.92 Å². The van der Waals surface area contributed by atoms with Gasteiger partial charge in [-0.2, -0.15) is 25.3 Å². The topological polar surface area (TPSA) is 89.9 Å². The van der Waals surface area contributed by atoms with Gasteiger partial charge in [0.2, 0.25) is 0 Å². The molecule has 18 heavy (non-hydrogen) atoms. The van der Waals surface area contributed by atoms with Crippen molar-refractivity contribution >= 4 is 43.2 Å². The van der Waals surface area contributed by atoms with Gasteiger partial charge in [-0.1, -0.05) is 0 Å². The quantitative estimate of drug-likeness (QED) is 0.374. The van der Waals surface area contributed by atoms with Crippen molar-refractivity contribution < 1.29 is 29.0 Å². The van der Waals surface area contributed by atoms with Gasteiger partial charge in [0.05, 0.1) is 17.4 Å². The Hall–Kier alpha value is -0.890. The van der Waals surface area contributed by atoms with Crippen LogP contribution in [0.4, 0.5) is 0 Å². The van der Waals surface area contributed by atoms with E-state index in [1.54, 1.807) is 0 Å². The Morgan fingerprint density at radius 2 is 1.39 bits per heavy atom. The van der Waals surface area contributed by atoms with Crippen LogP contribution in [0.15, 0.2) is 0 Å². The lowest BCUT2D eigenvalue weighted by molar-refractivity contribution is -0.148. The van der Waals surface area contributed by atoms with E-state index in [4.69, 9.17) is 5.11 Å². The molecule has 0 amide bonds. The number of hydrogen-bond donors (Lipinski definition) is 3. The van der Waals surface area contributed by atoms with Crippen molar-refractivity contribution in [2.24, 2.45) is 5.92 Å². The number of esters is 2. The highest BCUT2D eigenvalue weighted by molar-refractivity contribution is 7.81. The van der Waals surface area contributed by atoms with Crippen molar-refractivity contribution in [3.05, 3.63) is 0 Å². The standard InChI is InChI=1S/C6H10O4S2.C4H6O2/c7-5(3-11)9-1-2-10-6(8)4-12;5-4(6)3-1-2-3/h11-12H,1-4H2;3H,1-2H2,(H,5,6). The van der Waals surface area contributed by atoms with Gasteiger partial charge in [-0.3, -0.25) is 14.4 Å². The van der Waals surface area contributed by atoms with E-state index in [-0.39, 0.29) is 30.6 Å². The Morgan fingerprint density at radius 1 is 1.00 bits per heavy atom. The van der Waals surface area contributed by atoms with Crippen LogP contribution in [0.3, 0.4) is 0 Å². The van der Waals surface area contributed by atoms with Crippen LogP contribution < -0.4 is 0 Å². The van der Waals surface area contributed by atoms with E-state index in [9.17, 15) is 14.4 Å². The largest absolute Gasteiger partial charge is 0.481 e. The maximum atomic E-state index is 10.5. The average Bonchev–Trinajstić information content (AvgIpc) is 3.18. The first-order valence-corrected chi connectivity index (χ1v) is 6.53. The molecule has 8 heteroatoms. The summed E-state index contributed by atoms with van der Waals surface area (Å²) in [6, 6.07) is 0. The molecule has 1 aliphatic carbocycles. The zero-order valence-corrected chi connectivity index (χ0v) is 11.5. The van der Waals surface area contributed by atoms with Crippen molar-refractivity contribution in [1.82, 2.24) is 0 Å². The maximum Gasteiger partial charge on any atom is 0.315 e. The second-order valence-corrected chi connectivity index (χ2v) is 4.00. The van der Waals surface area contributed by atoms with E-state index < -0.39 is 17.9 Å². The molecule has 0 aliphatic heterocycles. The fourth-order valence-electron chi connectivity index (χ4n) is 0.733. The van der Waals surface area contributed by atoms with Crippen LogP contribution in [0.5, 0.6) is 0 Å². The molecular formula is C10H16O6S2. The summed E-state index contributed by atoms with van der Waals surface area (Å²) >= 11 is 7.36. The third kappa shape index (κ3) is 10.3. The van der Waals surface area contributed by atoms with Gasteiger partial charge < -0.3 is 14.6 Å². The van der Waals surface area contributed by atoms with Gasteiger partial charge in [0.25, 0.3) is 0 Å². The number of ether oxygens (including phenoxy) is 2. The SMILES string of the molecule is O=C(CS)OCCOC(=O)CS.O=C(O)C1CC1. The number of rotatable bonds is 6. The molecule has 6 nitrogen and oxygen atoms in total. The summed E-state index contributed by atoms with van der Waals surface area (Å²) in [6.45, 7) is 0.137. The molecule has 0 aromatic rings. The van der Waals surface area contributed by atoms with E-state index in [0.29, 0.717) is 0 Å². The van der Waals surface area contributed by atoms with Gasteiger partial charge in [0.15, 0.2) is 0 Å². The Kier molecular flexibility index (Phi) is 9.57. The van der Waals surface area contributed by atoms with Gasteiger partial charge in [-0.25, -0.2) is 0 Å². The van der Waals surface area contributed by atoms with Gasteiger partial charge in [-0.05, 0) is 12.8 Å². The van der Waals surface area contributed by atoms with Crippen molar-refractivity contribution in [3.63, 3.8) is 0 Å². The van der Waals surface area contributed by atoms with Crippen molar-refractivity contribution in [3.8, 4) is 0 Å². The molecule has 0 atom stereocenters. The fourth-order valence-corrected chi connectivity index (χ4v) is 0.915. The summed E-state index contributed by atoms with van der Waals surface area (Å²) in [5.74, 6) is -1.42. The number of hydrogen-bond acceptors (Lipinski definition) is 7. The summed E-state index contributed by atoms with van der Waals surface area (Å²) < 4.78 is 9.14. The minimum Gasteiger partial charge on any atom is -0.481 e. The summed E-state index contributed by atoms with van der Waals surface area (Å²) in [5, 5.41) is 8.05. The summed E-state index contributed by atoms with van der Waals surface area (Å²) in [6.07, 6.45) is 1.80. The van der Waals surface area contributed by atoms with Gasteiger partial charge >= 0.3 is 17.9 Å². The first-order valence-electron chi connectivity index (χ1n) is 5.27. The number of aliphatic carboxylic acids is 1. The lowest BCUT2D eigenvalue weighted by atomic mass is 10.5. The molecular weight excluding hydrogens is 280 g/mol. The lowest BCUT2D eigenvalue weighted by Crippen LogP contribution is -2.14. The highest BCUT2D eigenvalue weighted by Gasteiger charge is 2.28. The van der Waals surface area contributed by atoms with Crippen LogP contribution in [-0.4, -0.2) is 47.7 Å². The molecule has 1 saturated carbocycles. The molecule has 1 aliphatic rings. The number of carboxylic acid groups (broad SMARTS) is 1. The number of thiol groups is 2. The van der Waals surface area contributed by atoms with Crippen molar-refractivity contribution in [2.45, 2.75) is 12.8 Å². The van der Waals surface area contributed by atoms with Crippen LogP contribution in [0.25, 0.3) is 0 Å². The first kappa shape index (κ1) is 17.1. The summed E-state index contributed by atoms with van der Waals surface area (Å²) in [7, 11) is 0. The van der Waals surface area contributed by atoms with E-state index in [0.717, 1.165) is 12.8 Å².